The summed E-state index contributed by atoms with van der Waals surface area (Å²) in [6.07, 6.45) is 3.03. The molecule has 1 saturated heterocycles. The molecule has 5 nitrogen and oxygen atoms in total. The van der Waals surface area contributed by atoms with Crippen LogP contribution >= 0.6 is 0 Å². The lowest BCUT2D eigenvalue weighted by atomic mass is 9.86. The average Bonchev–Trinajstić information content (AvgIpc) is 2.48. The first-order valence-electron chi connectivity index (χ1n) is 7.76. The Labute approximate surface area is 130 Å². The van der Waals surface area contributed by atoms with Gasteiger partial charge in [-0.15, -0.1) is 0 Å². The Balaban J connectivity index is 2.08. The molecule has 1 fully saturated rings. The number of carbonyl (C=O) groups excluding carboxylic acids is 1. The van der Waals surface area contributed by atoms with E-state index >= 15 is 0 Å². The summed E-state index contributed by atoms with van der Waals surface area (Å²) in [7, 11) is 0. The Kier molecular flexibility index (Phi) is 5.55. The van der Waals surface area contributed by atoms with Gasteiger partial charge in [0, 0.05) is 18.8 Å². The molecule has 0 atom stereocenters. The molecule has 0 aromatic heterocycles. The standard InChI is InChI=1S/C17H23NO4/c1-2-3-13-4-6-14(7-5-13)16(21)18-17(12-15(19)20)8-10-22-11-9-17/h4-7H,2-3,8-12H2,1H3,(H,18,21)(H,19,20). The molecule has 0 radical (unpaired) electrons. The molecule has 2 rings (SSSR count). The number of hydrogen-bond donors (Lipinski definition) is 2. The van der Waals surface area contributed by atoms with Gasteiger partial charge in [-0.05, 0) is 37.0 Å². The van der Waals surface area contributed by atoms with E-state index in [2.05, 4.69) is 12.2 Å². The predicted molar refractivity (Wildman–Crippen MR) is 82.9 cm³/mol. The largest absolute Gasteiger partial charge is 0.481 e. The molecule has 1 amide bonds. The third-order valence-corrected chi connectivity index (χ3v) is 4.07. The van der Waals surface area contributed by atoms with Crippen molar-refractivity contribution in [3.8, 4) is 0 Å². The Morgan fingerprint density at radius 1 is 1.23 bits per heavy atom. The van der Waals surface area contributed by atoms with E-state index in [0.29, 0.717) is 31.6 Å². The van der Waals surface area contributed by atoms with Crippen LogP contribution in [0.5, 0.6) is 0 Å². The van der Waals surface area contributed by atoms with Crippen molar-refractivity contribution >= 4 is 11.9 Å². The maximum atomic E-state index is 12.4. The summed E-state index contributed by atoms with van der Waals surface area (Å²) in [5.41, 5.74) is 1.06. The maximum Gasteiger partial charge on any atom is 0.305 e. The summed E-state index contributed by atoms with van der Waals surface area (Å²) in [4.78, 5) is 23.5. The van der Waals surface area contributed by atoms with Gasteiger partial charge in [-0.2, -0.15) is 0 Å². The highest BCUT2D eigenvalue weighted by molar-refractivity contribution is 5.95. The summed E-state index contributed by atoms with van der Waals surface area (Å²) in [5.74, 6) is -1.12. The fourth-order valence-corrected chi connectivity index (χ4v) is 2.82. The number of hydrogen-bond acceptors (Lipinski definition) is 3. The fraction of sp³-hybridized carbons (Fsp3) is 0.529. The lowest BCUT2D eigenvalue weighted by Gasteiger charge is -2.36. The molecule has 1 aliphatic rings. The Morgan fingerprint density at radius 3 is 2.41 bits per heavy atom. The first-order chi connectivity index (χ1) is 10.5. The lowest BCUT2D eigenvalue weighted by molar-refractivity contribution is -0.139. The molecule has 0 aliphatic carbocycles. The first-order valence-corrected chi connectivity index (χ1v) is 7.76. The zero-order chi connectivity index (χ0) is 16.0. The molecule has 0 unspecified atom stereocenters. The maximum absolute atomic E-state index is 12.4. The van der Waals surface area contributed by atoms with Crippen molar-refractivity contribution in [1.29, 1.82) is 0 Å². The van der Waals surface area contributed by atoms with Gasteiger partial charge >= 0.3 is 5.97 Å². The molecule has 1 aliphatic heterocycles. The van der Waals surface area contributed by atoms with E-state index in [1.165, 1.54) is 5.56 Å². The number of aryl methyl sites for hydroxylation is 1. The van der Waals surface area contributed by atoms with Crippen LogP contribution in [0, 0.1) is 0 Å². The van der Waals surface area contributed by atoms with E-state index in [4.69, 9.17) is 9.84 Å². The average molecular weight is 305 g/mol. The second kappa shape index (κ2) is 7.40. The Bertz CT molecular complexity index is 518. The number of nitrogens with one attached hydrogen (secondary N) is 1. The molecule has 0 spiro atoms. The van der Waals surface area contributed by atoms with Crippen LogP contribution in [0.2, 0.25) is 0 Å². The molecule has 22 heavy (non-hydrogen) atoms. The minimum absolute atomic E-state index is 0.0734. The van der Waals surface area contributed by atoms with Crippen LogP contribution in [0.4, 0.5) is 0 Å². The fourth-order valence-electron chi connectivity index (χ4n) is 2.82. The third kappa shape index (κ3) is 4.31. The van der Waals surface area contributed by atoms with Gasteiger partial charge < -0.3 is 15.2 Å². The molecule has 1 aromatic carbocycles. The number of benzene rings is 1. The van der Waals surface area contributed by atoms with Crippen molar-refractivity contribution < 1.29 is 19.4 Å². The summed E-state index contributed by atoms with van der Waals surface area (Å²) in [5, 5.41) is 12.0. The van der Waals surface area contributed by atoms with Crippen LogP contribution < -0.4 is 5.32 Å². The van der Waals surface area contributed by atoms with E-state index in [0.717, 1.165) is 12.8 Å². The van der Waals surface area contributed by atoms with Crippen molar-refractivity contribution in [3.63, 3.8) is 0 Å². The molecule has 1 aromatic rings. The quantitative estimate of drug-likeness (QED) is 0.846. The third-order valence-electron chi connectivity index (χ3n) is 4.07. The SMILES string of the molecule is CCCc1ccc(C(=O)NC2(CC(=O)O)CCOCC2)cc1. The molecule has 0 saturated carbocycles. The van der Waals surface area contributed by atoms with E-state index in [1.807, 2.05) is 12.1 Å². The summed E-state index contributed by atoms with van der Waals surface area (Å²) >= 11 is 0. The van der Waals surface area contributed by atoms with Crippen LogP contribution in [-0.2, 0) is 16.0 Å². The van der Waals surface area contributed by atoms with Crippen LogP contribution in [-0.4, -0.2) is 35.7 Å². The van der Waals surface area contributed by atoms with Crippen molar-refractivity contribution in [3.05, 3.63) is 35.4 Å². The zero-order valence-electron chi connectivity index (χ0n) is 12.9. The van der Waals surface area contributed by atoms with Crippen LogP contribution in [0.3, 0.4) is 0 Å². The van der Waals surface area contributed by atoms with Crippen molar-refractivity contribution in [2.45, 2.75) is 44.6 Å². The second-order valence-corrected chi connectivity index (χ2v) is 5.86. The highest BCUT2D eigenvalue weighted by Gasteiger charge is 2.36. The molecule has 5 heteroatoms. The number of aliphatic carboxylic acids is 1. The van der Waals surface area contributed by atoms with E-state index < -0.39 is 11.5 Å². The number of carboxylic acids is 1. The number of amides is 1. The number of carbonyl (C=O) groups is 2. The van der Waals surface area contributed by atoms with E-state index in [9.17, 15) is 9.59 Å². The normalized spacial score (nSPS) is 17.0. The first kappa shape index (κ1) is 16.5. The van der Waals surface area contributed by atoms with Gasteiger partial charge in [0.05, 0.1) is 12.0 Å². The molecule has 2 N–H and O–H groups in total. The molecular weight excluding hydrogens is 282 g/mol. The predicted octanol–water partition coefficient (Wildman–Crippen LogP) is 2.39. The molecule has 120 valence electrons. The van der Waals surface area contributed by atoms with Crippen molar-refractivity contribution in [2.24, 2.45) is 0 Å². The molecule has 0 bridgehead atoms. The number of ether oxygens (including phenoxy) is 1. The van der Waals surface area contributed by atoms with Gasteiger partial charge in [-0.25, -0.2) is 0 Å². The second-order valence-electron chi connectivity index (χ2n) is 5.86. The smallest absolute Gasteiger partial charge is 0.305 e. The van der Waals surface area contributed by atoms with Gasteiger partial charge in [-0.3, -0.25) is 9.59 Å². The van der Waals surface area contributed by atoms with Crippen molar-refractivity contribution in [2.75, 3.05) is 13.2 Å². The Morgan fingerprint density at radius 2 is 1.86 bits per heavy atom. The van der Waals surface area contributed by atoms with Crippen LogP contribution in [0.1, 0.15) is 48.5 Å². The van der Waals surface area contributed by atoms with Gasteiger partial charge in [0.15, 0.2) is 0 Å². The van der Waals surface area contributed by atoms with E-state index in [1.54, 1.807) is 12.1 Å². The highest BCUT2D eigenvalue weighted by atomic mass is 16.5. The lowest BCUT2D eigenvalue weighted by Crippen LogP contribution is -2.53. The summed E-state index contributed by atoms with van der Waals surface area (Å²) in [6.45, 7) is 3.06. The zero-order valence-corrected chi connectivity index (χ0v) is 12.9. The highest BCUT2D eigenvalue weighted by Crippen LogP contribution is 2.25. The summed E-state index contributed by atoms with van der Waals surface area (Å²) < 4.78 is 5.29. The minimum atomic E-state index is -0.902. The number of carboxylic acid groups (broad SMARTS) is 1. The molecule has 1 heterocycles. The topological polar surface area (TPSA) is 75.6 Å². The Hall–Kier alpha value is -1.88. The monoisotopic (exact) mass is 305 g/mol. The van der Waals surface area contributed by atoms with Crippen LogP contribution in [0.25, 0.3) is 0 Å². The van der Waals surface area contributed by atoms with Gasteiger partial charge in [0.2, 0.25) is 0 Å². The van der Waals surface area contributed by atoms with Crippen LogP contribution in [0.15, 0.2) is 24.3 Å². The van der Waals surface area contributed by atoms with Gasteiger partial charge in [0.1, 0.15) is 0 Å². The van der Waals surface area contributed by atoms with Gasteiger partial charge in [0.25, 0.3) is 5.91 Å². The van der Waals surface area contributed by atoms with E-state index in [-0.39, 0.29) is 12.3 Å². The summed E-state index contributed by atoms with van der Waals surface area (Å²) in [6, 6.07) is 7.50. The number of rotatable bonds is 6. The van der Waals surface area contributed by atoms with Gasteiger partial charge in [-0.1, -0.05) is 25.5 Å². The molecular formula is C17H23NO4. The minimum Gasteiger partial charge on any atom is -0.481 e. The van der Waals surface area contributed by atoms with Crippen molar-refractivity contribution in [1.82, 2.24) is 5.32 Å².